The van der Waals surface area contributed by atoms with Gasteiger partial charge >= 0.3 is 0 Å². The average Bonchev–Trinajstić information content (AvgIpc) is 2.70. The molecule has 0 radical (unpaired) electrons. The minimum atomic E-state index is 0. The summed E-state index contributed by atoms with van der Waals surface area (Å²) in [4.78, 5) is 20.8. The van der Waals surface area contributed by atoms with Crippen LogP contribution < -0.4 is 20.7 Å². The maximum atomic E-state index is 12.0. The van der Waals surface area contributed by atoms with E-state index in [1.54, 1.807) is 6.20 Å². The highest BCUT2D eigenvalue weighted by molar-refractivity contribution is 14.0. The second kappa shape index (κ2) is 11.6. The second-order valence-electron chi connectivity index (χ2n) is 6.55. The lowest BCUT2D eigenvalue weighted by Gasteiger charge is -2.26. The monoisotopic (exact) mass is 509 g/mol. The van der Waals surface area contributed by atoms with Gasteiger partial charge in [-0.25, -0.2) is 9.98 Å². The van der Waals surface area contributed by atoms with Crippen molar-refractivity contribution in [1.29, 1.82) is 0 Å². The van der Waals surface area contributed by atoms with Crippen molar-refractivity contribution in [1.82, 2.24) is 15.6 Å². The quantitative estimate of drug-likeness (QED) is 0.303. The van der Waals surface area contributed by atoms with Gasteiger partial charge in [0, 0.05) is 43.4 Å². The van der Waals surface area contributed by atoms with E-state index in [1.807, 2.05) is 44.2 Å². The summed E-state index contributed by atoms with van der Waals surface area (Å²) < 4.78 is 5.44. The fourth-order valence-corrected chi connectivity index (χ4v) is 3.19. The molecular weight excluding hydrogens is 481 g/mol. The summed E-state index contributed by atoms with van der Waals surface area (Å²) in [5.74, 6) is 1.49. The fourth-order valence-electron chi connectivity index (χ4n) is 3.19. The number of guanidine groups is 1. The van der Waals surface area contributed by atoms with Crippen molar-refractivity contribution >= 4 is 41.5 Å². The molecule has 1 aliphatic rings. The summed E-state index contributed by atoms with van der Waals surface area (Å²) in [6, 6.07) is 11.8. The molecule has 1 aliphatic heterocycles. The number of halogens is 1. The van der Waals surface area contributed by atoms with Crippen LogP contribution in [0.15, 0.2) is 47.6 Å². The number of rotatable bonds is 7. The Hall–Kier alpha value is -2.36. The van der Waals surface area contributed by atoms with E-state index in [-0.39, 0.29) is 35.8 Å². The highest BCUT2D eigenvalue weighted by Crippen LogP contribution is 2.31. The number of carbonyl (C=O) groups is 1. The molecule has 0 bridgehead atoms. The van der Waals surface area contributed by atoms with Gasteiger partial charge in [0.15, 0.2) is 5.96 Å². The normalized spacial score (nSPS) is 15.6. The first-order valence-corrected chi connectivity index (χ1v) is 9.68. The third-order valence-corrected chi connectivity index (χ3v) is 4.48. The van der Waals surface area contributed by atoms with Crippen molar-refractivity contribution in [2.24, 2.45) is 4.99 Å². The number of benzene rings is 1. The van der Waals surface area contributed by atoms with E-state index in [2.05, 4.69) is 32.0 Å². The van der Waals surface area contributed by atoms with Crippen LogP contribution in [0.25, 0.3) is 0 Å². The number of amides is 1. The number of nitrogens with zero attached hydrogens (tertiary/aromatic N) is 2. The molecule has 3 N–H and O–H groups in total. The molecule has 0 fully saturated rings. The summed E-state index contributed by atoms with van der Waals surface area (Å²) in [5.41, 5.74) is 3.08. The number of pyridine rings is 1. The Balaban J connectivity index is 0.00000300. The minimum Gasteiger partial charge on any atom is -0.478 e. The first kappa shape index (κ1) is 22.9. The number of fused-ring (bicyclic) bond motifs is 1. The SMILES string of the molecule is CCNC(=NCc1ccnc(OCC)c1)NCC1CC(=O)Nc2ccccc21.I. The van der Waals surface area contributed by atoms with Crippen molar-refractivity contribution in [3.05, 3.63) is 53.7 Å². The molecule has 0 saturated heterocycles. The van der Waals surface area contributed by atoms with Crippen molar-refractivity contribution in [3.8, 4) is 5.88 Å². The Morgan fingerprint density at radius 3 is 2.90 bits per heavy atom. The van der Waals surface area contributed by atoms with Crippen molar-refractivity contribution in [2.75, 3.05) is 25.0 Å². The third kappa shape index (κ3) is 6.59. The summed E-state index contributed by atoms with van der Waals surface area (Å²) in [5, 5.41) is 9.57. The fraction of sp³-hybridized carbons (Fsp3) is 0.381. The number of anilines is 1. The lowest BCUT2D eigenvalue weighted by atomic mass is 9.90. The van der Waals surface area contributed by atoms with Gasteiger partial charge in [-0.2, -0.15) is 0 Å². The average molecular weight is 509 g/mol. The molecular formula is C21H28IN5O2. The Morgan fingerprint density at radius 1 is 1.28 bits per heavy atom. The van der Waals surface area contributed by atoms with Gasteiger partial charge in [0.25, 0.3) is 0 Å². The molecule has 1 aromatic heterocycles. The molecule has 0 saturated carbocycles. The van der Waals surface area contributed by atoms with Crippen LogP contribution in [0.5, 0.6) is 5.88 Å². The van der Waals surface area contributed by atoms with Crippen LogP contribution in [0.2, 0.25) is 0 Å². The van der Waals surface area contributed by atoms with Crippen LogP contribution in [0, 0.1) is 0 Å². The van der Waals surface area contributed by atoms with Gasteiger partial charge in [-0.1, -0.05) is 18.2 Å². The Kier molecular flexibility index (Phi) is 9.17. The highest BCUT2D eigenvalue weighted by Gasteiger charge is 2.24. The molecule has 1 atom stereocenters. The summed E-state index contributed by atoms with van der Waals surface area (Å²) in [7, 11) is 0. The largest absolute Gasteiger partial charge is 0.478 e. The standard InChI is InChI=1S/C21H27N5O2.HI/c1-3-22-21(24-13-15-9-10-23-20(11-15)28-4-2)25-14-16-12-19(27)26-18-8-6-5-7-17(16)18;/h5-11,16H,3-4,12-14H2,1-2H3,(H,26,27)(H2,22,24,25);1H. The number of carbonyl (C=O) groups excluding carboxylic acids is 1. The molecule has 1 amide bonds. The van der Waals surface area contributed by atoms with Crippen molar-refractivity contribution < 1.29 is 9.53 Å². The number of ether oxygens (including phenoxy) is 1. The smallest absolute Gasteiger partial charge is 0.225 e. The molecule has 156 valence electrons. The number of aliphatic imine (C=N–C) groups is 1. The van der Waals surface area contributed by atoms with Gasteiger partial charge < -0.3 is 20.7 Å². The van der Waals surface area contributed by atoms with Crippen LogP contribution >= 0.6 is 24.0 Å². The first-order valence-electron chi connectivity index (χ1n) is 9.68. The van der Waals surface area contributed by atoms with E-state index in [0.29, 0.717) is 32.0 Å². The molecule has 0 spiro atoms. The highest BCUT2D eigenvalue weighted by atomic mass is 127. The van der Waals surface area contributed by atoms with E-state index in [1.165, 1.54) is 0 Å². The van der Waals surface area contributed by atoms with E-state index in [0.717, 1.165) is 29.3 Å². The number of nitrogens with one attached hydrogen (secondary N) is 3. The zero-order chi connectivity index (χ0) is 19.8. The van der Waals surface area contributed by atoms with E-state index in [9.17, 15) is 4.79 Å². The summed E-state index contributed by atoms with van der Waals surface area (Å²) in [6.07, 6.45) is 2.19. The number of hydrogen-bond donors (Lipinski definition) is 3. The number of para-hydroxylation sites is 1. The van der Waals surface area contributed by atoms with Crippen LogP contribution in [0.3, 0.4) is 0 Å². The topological polar surface area (TPSA) is 87.6 Å². The lowest BCUT2D eigenvalue weighted by Crippen LogP contribution is -2.40. The van der Waals surface area contributed by atoms with E-state index < -0.39 is 0 Å². The molecule has 2 aromatic rings. The summed E-state index contributed by atoms with van der Waals surface area (Å²) >= 11 is 0. The predicted octanol–water partition coefficient (Wildman–Crippen LogP) is 3.28. The van der Waals surface area contributed by atoms with Gasteiger partial charge in [0.1, 0.15) is 0 Å². The Labute approximate surface area is 188 Å². The molecule has 2 heterocycles. The van der Waals surface area contributed by atoms with Crippen LogP contribution in [-0.4, -0.2) is 36.5 Å². The zero-order valence-corrected chi connectivity index (χ0v) is 19.1. The molecule has 1 unspecified atom stereocenters. The van der Waals surface area contributed by atoms with Crippen LogP contribution in [-0.2, 0) is 11.3 Å². The molecule has 0 aliphatic carbocycles. The van der Waals surface area contributed by atoms with E-state index >= 15 is 0 Å². The van der Waals surface area contributed by atoms with Gasteiger partial charge in [-0.05, 0) is 37.1 Å². The van der Waals surface area contributed by atoms with Crippen molar-refractivity contribution in [2.45, 2.75) is 32.7 Å². The lowest BCUT2D eigenvalue weighted by molar-refractivity contribution is -0.116. The Morgan fingerprint density at radius 2 is 2.10 bits per heavy atom. The number of aromatic nitrogens is 1. The third-order valence-electron chi connectivity index (χ3n) is 4.48. The van der Waals surface area contributed by atoms with E-state index in [4.69, 9.17) is 4.74 Å². The summed E-state index contributed by atoms with van der Waals surface area (Å²) in [6.45, 7) is 6.45. The van der Waals surface area contributed by atoms with Crippen LogP contribution in [0.4, 0.5) is 5.69 Å². The molecule has 7 nitrogen and oxygen atoms in total. The number of hydrogen-bond acceptors (Lipinski definition) is 4. The molecule has 3 rings (SSSR count). The molecule has 29 heavy (non-hydrogen) atoms. The van der Waals surface area contributed by atoms with Gasteiger partial charge in [-0.15, -0.1) is 24.0 Å². The van der Waals surface area contributed by atoms with Crippen LogP contribution in [0.1, 0.15) is 37.3 Å². The second-order valence-corrected chi connectivity index (χ2v) is 6.55. The first-order chi connectivity index (χ1) is 13.7. The minimum absolute atomic E-state index is 0. The maximum Gasteiger partial charge on any atom is 0.225 e. The maximum absolute atomic E-state index is 12.0. The van der Waals surface area contributed by atoms with Crippen molar-refractivity contribution in [3.63, 3.8) is 0 Å². The Bertz CT molecular complexity index is 843. The molecule has 8 heteroatoms. The predicted molar refractivity (Wildman–Crippen MR) is 126 cm³/mol. The van der Waals surface area contributed by atoms with Gasteiger partial charge in [-0.3, -0.25) is 4.79 Å². The van der Waals surface area contributed by atoms with Gasteiger partial charge in [0.05, 0.1) is 13.2 Å². The molecule has 1 aromatic carbocycles. The zero-order valence-electron chi connectivity index (χ0n) is 16.8. The van der Waals surface area contributed by atoms with Gasteiger partial charge in [0.2, 0.25) is 11.8 Å².